The van der Waals surface area contributed by atoms with Crippen molar-refractivity contribution in [2.45, 2.75) is 32.9 Å². The maximum atomic E-state index is 5.85. The van der Waals surface area contributed by atoms with Crippen molar-refractivity contribution in [2.75, 3.05) is 0 Å². The van der Waals surface area contributed by atoms with E-state index in [0.717, 1.165) is 17.0 Å². The number of hydrogen-bond acceptors (Lipinski definition) is 3. The van der Waals surface area contributed by atoms with Crippen molar-refractivity contribution in [3.63, 3.8) is 0 Å². The Balaban J connectivity index is 2.07. The molecule has 0 radical (unpaired) electrons. The first-order valence-electron chi connectivity index (χ1n) is 6.47. The molecule has 4 N–H and O–H groups in total. The van der Waals surface area contributed by atoms with Crippen LogP contribution in [0, 0.1) is 0 Å². The molecule has 6 nitrogen and oxygen atoms in total. The molecule has 2 rings (SSSR count). The van der Waals surface area contributed by atoms with Crippen LogP contribution in [0.25, 0.3) is 11.4 Å². The zero-order valence-electron chi connectivity index (χ0n) is 12.0. The van der Waals surface area contributed by atoms with E-state index in [4.69, 9.17) is 5.73 Å². The number of nitrogens with one attached hydrogen (secondary N) is 2. The molecule has 20 heavy (non-hydrogen) atoms. The van der Waals surface area contributed by atoms with Gasteiger partial charge < -0.3 is 11.1 Å². The molecule has 0 fully saturated rings. The second kappa shape index (κ2) is 5.73. The fraction of sp³-hybridized carbons (Fsp3) is 0.357. The highest BCUT2D eigenvalue weighted by Crippen LogP contribution is 2.15. The average molecular weight is 272 g/mol. The summed E-state index contributed by atoms with van der Waals surface area (Å²) in [4.78, 5) is 8.47. The molecule has 0 spiro atoms. The normalized spacial score (nSPS) is 12.4. The Kier molecular flexibility index (Phi) is 4.02. The lowest BCUT2D eigenvalue weighted by Crippen LogP contribution is -2.44. The third kappa shape index (κ3) is 4.08. The van der Waals surface area contributed by atoms with E-state index >= 15 is 0 Å². The molecular weight excluding hydrogens is 252 g/mol. The molecular formula is C14H20N6. The van der Waals surface area contributed by atoms with Crippen molar-refractivity contribution in [3.8, 4) is 11.4 Å². The topological polar surface area (TPSA) is 92.0 Å². The van der Waals surface area contributed by atoms with Gasteiger partial charge in [0.2, 0.25) is 0 Å². The molecule has 0 bridgehead atoms. The highest BCUT2D eigenvalue weighted by atomic mass is 15.2. The summed E-state index contributed by atoms with van der Waals surface area (Å²) < 4.78 is 0. The van der Waals surface area contributed by atoms with Gasteiger partial charge in [0.15, 0.2) is 11.8 Å². The van der Waals surface area contributed by atoms with Crippen molar-refractivity contribution in [3.05, 3.63) is 36.2 Å². The van der Waals surface area contributed by atoms with Crippen molar-refractivity contribution in [2.24, 2.45) is 10.7 Å². The fourth-order valence-electron chi connectivity index (χ4n) is 1.76. The molecule has 2 aromatic rings. The largest absolute Gasteiger partial charge is 0.370 e. The van der Waals surface area contributed by atoms with E-state index in [1.54, 1.807) is 0 Å². The molecule has 1 heterocycles. The zero-order chi connectivity index (χ0) is 14.6. The molecule has 0 aliphatic carbocycles. The van der Waals surface area contributed by atoms with E-state index in [0.29, 0.717) is 12.5 Å². The first-order valence-corrected chi connectivity index (χ1v) is 6.47. The first-order chi connectivity index (χ1) is 9.44. The molecule has 0 saturated carbocycles. The number of aliphatic imine (C=N–C) groups is 1. The van der Waals surface area contributed by atoms with Crippen LogP contribution in [-0.2, 0) is 6.54 Å². The van der Waals surface area contributed by atoms with Gasteiger partial charge in [-0.25, -0.2) is 9.98 Å². The number of aromatic nitrogens is 3. The van der Waals surface area contributed by atoms with E-state index in [2.05, 4.69) is 25.5 Å². The van der Waals surface area contributed by atoms with Gasteiger partial charge in [0.1, 0.15) is 6.33 Å². The SMILES string of the molecule is CC(C)(C)NC(N)=NCc1cccc(-c2ncn[nH]2)c1. The zero-order valence-corrected chi connectivity index (χ0v) is 12.0. The molecule has 0 unspecified atom stereocenters. The maximum Gasteiger partial charge on any atom is 0.189 e. The number of rotatable bonds is 3. The lowest BCUT2D eigenvalue weighted by molar-refractivity contribution is 0.508. The summed E-state index contributed by atoms with van der Waals surface area (Å²) in [6.45, 7) is 6.65. The van der Waals surface area contributed by atoms with Crippen LogP contribution in [0.1, 0.15) is 26.3 Å². The van der Waals surface area contributed by atoms with Crippen LogP contribution in [0.15, 0.2) is 35.6 Å². The summed E-state index contributed by atoms with van der Waals surface area (Å²) in [5, 5.41) is 9.82. The Morgan fingerprint density at radius 2 is 2.20 bits per heavy atom. The van der Waals surface area contributed by atoms with Gasteiger partial charge in [0.25, 0.3) is 0 Å². The number of nitrogens with zero attached hydrogens (tertiary/aromatic N) is 3. The standard InChI is InChI=1S/C14H20N6/c1-14(2,3)19-13(15)16-8-10-5-4-6-11(7-10)12-17-9-18-20-12/h4-7,9H,8H2,1-3H3,(H3,15,16,19)(H,17,18,20). The van der Waals surface area contributed by atoms with Crippen molar-refractivity contribution >= 4 is 5.96 Å². The van der Waals surface area contributed by atoms with E-state index in [1.807, 2.05) is 45.0 Å². The molecule has 1 aromatic carbocycles. The van der Waals surface area contributed by atoms with Crippen molar-refractivity contribution < 1.29 is 0 Å². The highest BCUT2D eigenvalue weighted by Gasteiger charge is 2.09. The molecule has 0 saturated heterocycles. The molecule has 6 heteroatoms. The predicted octanol–water partition coefficient (Wildman–Crippen LogP) is 1.67. The van der Waals surface area contributed by atoms with Gasteiger partial charge in [-0.15, -0.1) is 0 Å². The van der Waals surface area contributed by atoms with Gasteiger partial charge in [0.05, 0.1) is 6.54 Å². The Labute approximate surface area is 118 Å². The lowest BCUT2D eigenvalue weighted by Gasteiger charge is -2.21. The van der Waals surface area contributed by atoms with Crippen LogP contribution in [-0.4, -0.2) is 26.7 Å². The van der Waals surface area contributed by atoms with Crippen LogP contribution in [0.3, 0.4) is 0 Å². The number of hydrogen-bond donors (Lipinski definition) is 3. The first kappa shape index (κ1) is 14.0. The number of nitrogens with two attached hydrogens (primary N) is 1. The lowest BCUT2D eigenvalue weighted by atomic mass is 10.1. The monoisotopic (exact) mass is 272 g/mol. The van der Waals surface area contributed by atoms with Crippen LogP contribution in [0.5, 0.6) is 0 Å². The minimum Gasteiger partial charge on any atom is -0.370 e. The minimum atomic E-state index is -0.0880. The van der Waals surface area contributed by atoms with Gasteiger partial charge in [-0.1, -0.05) is 18.2 Å². The molecule has 0 amide bonds. The van der Waals surface area contributed by atoms with Crippen molar-refractivity contribution in [1.29, 1.82) is 0 Å². The number of H-pyrrole nitrogens is 1. The fourth-order valence-corrected chi connectivity index (χ4v) is 1.76. The average Bonchev–Trinajstić information content (AvgIpc) is 2.88. The van der Waals surface area contributed by atoms with E-state index in [-0.39, 0.29) is 5.54 Å². The maximum absolute atomic E-state index is 5.85. The van der Waals surface area contributed by atoms with E-state index < -0.39 is 0 Å². The number of aromatic amines is 1. The molecule has 0 aliphatic heterocycles. The summed E-state index contributed by atoms with van der Waals surface area (Å²) in [6, 6.07) is 7.97. The molecule has 0 atom stereocenters. The third-order valence-electron chi connectivity index (χ3n) is 2.55. The van der Waals surface area contributed by atoms with Gasteiger partial charge in [0, 0.05) is 11.1 Å². The molecule has 106 valence electrons. The third-order valence-corrected chi connectivity index (χ3v) is 2.55. The van der Waals surface area contributed by atoms with Gasteiger partial charge >= 0.3 is 0 Å². The Morgan fingerprint density at radius 3 is 2.85 bits per heavy atom. The van der Waals surface area contributed by atoms with Crippen LogP contribution in [0.4, 0.5) is 0 Å². The smallest absolute Gasteiger partial charge is 0.189 e. The van der Waals surface area contributed by atoms with E-state index in [9.17, 15) is 0 Å². The molecule has 1 aromatic heterocycles. The second-order valence-electron chi connectivity index (χ2n) is 5.61. The summed E-state index contributed by atoms with van der Waals surface area (Å²) in [7, 11) is 0. The Morgan fingerprint density at radius 1 is 1.40 bits per heavy atom. The van der Waals surface area contributed by atoms with Crippen LogP contribution >= 0.6 is 0 Å². The van der Waals surface area contributed by atoms with Gasteiger partial charge in [-0.2, -0.15) is 5.10 Å². The summed E-state index contributed by atoms with van der Waals surface area (Å²) in [5.41, 5.74) is 7.81. The molecule has 0 aliphatic rings. The van der Waals surface area contributed by atoms with Crippen molar-refractivity contribution in [1.82, 2.24) is 20.5 Å². The second-order valence-corrected chi connectivity index (χ2v) is 5.61. The Hall–Kier alpha value is -2.37. The summed E-state index contributed by atoms with van der Waals surface area (Å²) in [6.07, 6.45) is 1.49. The summed E-state index contributed by atoms with van der Waals surface area (Å²) >= 11 is 0. The highest BCUT2D eigenvalue weighted by molar-refractivity contribution is 5.78. The Bertz CT molecular complexity index is 580. The minimum absolute atomic E-state index is 0.0880. The van der Waals surface area contributed by atoms with E-state index in [1.165, 1.54) is 6.33 Å². The summed E-state index contributed by atoms with van der Waals surface area (Å²) in [5.74, 6) is 1.19. The quantitative estimate of drug-likeness (QED) is 0.585. The predicted molar refractivity (Wildman–Crippen MR) is 80.0 cm³/mol. The van der Waals surface area contributed by atoms with Crippen LogP contribution < -0.4 is 11.1 Å². The van der Waals surface area contributed by atoms with Gasteiger partial charge in [-0.3, -0.25) is 5.10 Å². The van der Waals surface area contributed by atoms with Gasteiger partial charge in [-0.05, 0) is 32.4 Å². The number of guanidine groups is 1. The van der Waals surface area contributed by atoms with Crippen LogP contribution in [0.2, 0.25) is 0 Å². The number of benzene rings is 1.